The smallest absolute Gasteiger partial charge is 0.266 e. The van der Waals surface area contributed by atoms with Crippen molar-refractivity contribution in [3.8, 4) is 5.75 Å². The Balaban J connectivity index is 1.15. The highest BCUT2D eigenvalue weighted by atomic mass is 16.5. The first-order valence-corrected chi connectivity index (χ1v) is 12.4. The highest BCUT2D eigenvalue weighted by Gasteiger charge is 2.27. The van der Waals surface area contributed by atoms with E-state index in [2.05, 4.69) is 20.4 Å². The first-order valence-electron chi connectivity index (χ1n) is 12.4. The zero-order valence-electron chi connectivity index (χ0n) is 19.8. The number of piperidine rings is 1. The SMILES string of the molecule is CCCNC(=O)c1ccc(OCCCC2CCN(c3noc(C4CCCO4)n3)CC2)cc1C. The van der Waals surface area contributed by atoms with Crippen LogP contribution in [-0.2, 0) is 4.74 Å². The van der Waals surface area contributed by atoms with Crippen molar-refractivity contribution in [1.29, 1.82) is 0 Å². The Morgan fingerprint density at radius 2 is 2.12 bits per heavy atom. The van der Waals surface area contributed by atoms with Crippen molar-refractivity contribution in [2.45, 2.75) is 64.9 Å². The number of aryl methyl sites for hydroxylation is 1. The monoisotopic (exact) mass is 456 g/mol. The zero-order valence-corrected chi connectivity index (χ0v) is 19.8. The maximum absolute atomic E-state index is 12.2. The molecule has 0 spiro atoms. The van der Waals surface area contributed by atoms with Crippen molar-refractivity contribution in [3.05, 3.63) is 35.2 Å². The molecule has 1 aromatic heterocycles. The van der Waals surface area contributed by atoms with E-state index >= 15 is 0 Å². The van der Waals surface area contributed by atoms with E-state index in [0.717, 1.165) is 76.0 Å². The van der Waals surface area contributed by atoms with Crippen LogP contribution >= 0.6 is 0 Å². The number of benzene rings is 1. The predicted octanol–water partition coefficient (Wildman–Crippen LogP) is 4.44. The van der Waals surface area contributed by atoms with Gasteiger partial charge in [0.2, 0.25) is 0 Å². The van der Waals surface area contributed by atoms with E-state index in [-0.39, 0.29) is 12.0 Å². The molecular formula is C25H36N4O4. The van der Waals surface area contributed by atoms with Crippen LogP contribution in [0.2, 0.25) is 0 Å². The Bertz CT molecular complexity index is 902. The number of carbonyl (C=O) groups excluding carboxylic acids is 1. The van der Waals surface area contributed by atoms with Gasteiger partial charge in [0, 0.05) is 31.8 Å². The summed E-state index contributed by atoms with van der Waals surface area (Å²) < 4.78 is 17.0. The Kier molecular flexibility index (Phi) is 8.20. The topological polar surface area (TPSA) is 89.7 Å². The lowest BCUT2D eigenvalue weighted by Crippen LogP contribution is -2.34. The summed E-state index contributed by atoms with van der Waals surface area (Å²) in [4.78, 5) is 19.0. The summed E-state index contributed by atoms with van der Waals surface area (Å²) in [6.45, 7) is 8.07. The van der Waals surface area contributed by atoms with Crippen LogP contribution in [0.3, 0.4) is 0 Å². The summed E-state index contributed by atoms with van der Waals surface area (Å²) in [6.07, 6.45) is 7.35. The van der Waals surface area contributed by atoms with Crippen LogP contribution in [0.1, 0.15) is 79.8 Å². The van der Waals surface area contributed by atoms with Gasteiger partial charge in [-0.25, -0.2) is 0 Å². The van der Waals surface area contributed by atoms with E-state index in [1.807, 2.05) is 32.0 Å². The molecule has 2 fully saturated rings. The fourth-order valence-corrected chi connectivity index (χ4v) is 4.56. The van der Waals surface area contributed by atoms with E-state index in [4.69, 9.17) is 14.0 Å². The summed E-state index contributed by atoms with van der Waals surface area (Å²) in [5, 5.41) is 7.09. The lowest BCUT2D eigenvalue weighted by Gasteiger charge is -2.30. The van der Waals surface area contributed by atoms with Crippen LogP contribution in [0.15, 0.2) is 22.7 Å². The minimum Gasteiger partial charge on any atom is -0.494 e. The highest BCUT2D eigenvalue weighted by molar-refractivity contribution is 5.95. The Labute approximate surface area is 196 Å². The largest absolute Gasteiger partial charge is 0.494 e. The van der Waals surface area contributed by atoms with E-state index in [0.29, 0.717) is 36.5 Å². The number of rotatable bonds is 10. The van der Waals surface area contributed by atoms with Crippen molar-refractivity contribution >= 4 is 11.9 Å². The Hall–Kier alpha value is -2.61. The number of aromatic nitrogens is 2. The minimum atomic E-state index is -0.0259. The molecule has 3 heterocycles. The van der Waals surface area contributed by atoms with Gasteiger partial charge in [0.25, 0.3) is 17.7 Å². The van der Waals surface area contributed by atoms with E-state index in [9.17, 15) is 4.79 Å². The van der Waals surface area contributed by atoms with Gasteiger partial charge in [-0.2, -0.15) is 4.98 Å². The standard InChI is InChI=1S/C25H36N4O4/c1-3-12-26-23(30)21-9-8-20(17-18(21)2)31-15-4-6-19-10-13-29(14-11-19)25-27-24(33-28-25)22-7-5-16-32-22/h8-9,17,19,22H,3-7,10-16H2,1-2H3,(H,26,30). The molecule has 1 N–H and O–H groups in total. The number of carbonyl (C=O) groups is 1. The van der Waals surface area contributed by atoms with Gasteiger partial charge >= 0.3 is 0 Å². The third kappa shape index (κ3) is 6.25. The average Bonchev–Trinajstić information content (AvgIpc) is 3.53. The van der Waals surface area contributed by atoms with Crippen LogP contribution in [-0.4, -0.2) is 48.9 Å². The second-order valence-electron chi connectivity index (χ2n) is 9.09. The number of nitrogens with one attached hydrogen (secondary N) is 1. The molecule has 180 valence electrons. The number of ether oxygens (including phenoxy) is 2. The molecule has 2 saturated heterocycles. The summed E-state index contributed by atoms with van der Waals surface area (Å²) in [7, 11) is 0. The van der Waals surface area contributed by atoms with Crippen molar-refractivity contribution < 1.29 is 18.8 Å². The van der Waals surface area contributed by atoms with Gasteiger partial charge in [-0.15, -0.1) is 0 Å². The average molecular weight is 457 g/mol. The summed E-state index contributed by atoms with van der Waals surface area (Å²) in [6, 6.07) is 5.70. The van der Waals surface area contributed by atoms with E-state index in [1.54, 1.807) is 0 Å². The molecule has 0 saturated carbocycles. The minimum absolute atomic E-state index is 0.0174. The summed E-state index contributed by atoms with van der Waals surface area (Å²) >= 11 is 0. The number of nitrogens with zero attached hydrogens (tertiary/aromatic N) is 3. The van der Waals surface area contributed by atoms with E-state index < -0.39 is 0 Å². The Morgan fingerprint density at radius 3 is 2.85 bits per heavy atom. The van der Waals surface area contributed by atoms with Gasteiger partial charge in [-0.05, 0) is 86.7 Å². The number of amides is 1. The predicted molar refractivity (Wildman–Crippen MR) is 126 cm³/mol. The fraction of sp³-hybridized carbons (Fsp3) is 0.640. The quantitative estimate of drug-likeness (QED) is 0.529. The van der Waals surface area contributed by atoms with Crippen molar-refractivity contribution in [2.24, 2.45) is 5.92 Å². The highest BCUT2D eigenvalue weighted by Crippen LogP contribution is 2.30. The van der Waals surface area contributed by atoms with Gasteiger partial charge in [0.15, 0.2) is 0 Å². The maximum Gasteiger partial charge on any atom is 0.266 e. The molecule has 4 rings (SSSR count). The molecule has 2 aliphatic rings. The lowest BCUT2D eigenvalue weighted by molar-refractivity contribution is 0.0835. The number of hydrogen-bond donors (Lipinski definition) is 1. The molecule has 0 aliphatic carbocycles. The van der Waals surface area contributed by atoms with Gasteiger partial charge in [-0.1, -0.05) is 6.92 Å². The van der Waals surface area contributed by atoms with Crippen molar-refractivity contribution in [2.75, 3.05) is 37.7 Å². The Morgan fingerprint density at radius 1 is 1.27 bits per heavy atom. The van der Waals surface area contributed by atoms with Crippen LogP contribution < -0.4 is 15.0 Å². The first-order chi connectivity index (χ1) is 16.1. The van der Waals surface area contributed by atoms with Crippen LogP contribution in [0.4, 0.5) is 5.95 Å². The molecule has 2 aliphatic heterocycles. The fourth-order valence-electron chi connectivity index (χ4n) is 4.56. The third-order valence-electron chi connectivity index (χ3n) is 6.54. The molecule has 2 aromatic rings. The van der Waals surface area contributed by atoms with Crippen LogP contribution in [0.25, 0.3) is 0 Å². The van der Waals surface area contributed by atoms with E-state index in [1.165, 1.54) is 0 Å². The molecule has 8 heteroatoms. The van der Waals surface area contributed by atoms with Gasteiger partial charge in [0.1, 0.15) is 11.9 Å². The van der Waals surface area contributed by atoms with Gasteiger partial charge < -0.3 is 24.2 Å². The van der Waals surface area contributed by atoms with Gasteiger partial charge in [0.05, 0.1) is 6.61 Å². The molecule has 8 nitrogen and oxygen atoms in total. The molecular weight excluding hydrogens is 420 g/mol. The molecule has 1 amide bonds. The molecule has 33 heavy (non-hydrogen) atoms. The first kappa shape index (κ1) is 23.5. The van der Waals surface area contributed by atoms with Crippen molar-refractivity contribution in [1.82, 2.24) is 15.5 Å². The second-order valence-corrected chi connectivity index (χ2v) is 9.09. The summed E-state index contributed by atoms with van der Waals surface area (Å²) in [5.74, 6) is 2.82. The van der Waals surface area contributed by atoms with Crippen molar-refractivity contribution in [3.63, 3.8) is 0 Å². The maximum atomic E-state index is 12.2. The van der Waals surface area contributed by atoms with Gasteiger partial charge in [-0.3, -0.25) is 4.79 Å². The normalized spacial score (nSPS) is 19.1. The summed E-state index contributed by atoms with van der Waals surface area (Å²) in [5.41, 5.74) is 1.66. The molecule has 1 aromatic carbocycles. The molecule has 1 unspecified atom stereocenters. The van der Waals surface area contributed by atoms with Crippen LogP contribution in [0, 0.1) is 12.8 Å². The number of hydrogen-bond acceptors (Lipinski definition) is 7. The third-order valence-corrected chi connectivity index (χ3v) is 6.54. The zero-order chi connectivity index (χ0) is 23.0. The second kappa shape index (κ2) is 11.5. The van der Waals surface area contributed by atoms with Crippen LogP contribution in [0.5, 0.6) is 5.75 Å². The lowest BCUT2D eigenvalue weighted by atomic mass is 9.92. The molecule has 1 atom stereocenters. The number of anilines is 1. The molecule has 0 bridgehead atoms. The molecule has 0 radical (unpaired) electrons.